The maximum atomic E-state index is 13.2. The molecule has 27 heavy (non-hydrogen) atoms. The second-order valence-corrected chi connectivity index (χ2v) is 5.75. The molecule has 0 bridgehead atoms. The fourth-order valence-electron chi connectivity index (χ4n) is 2.56. The van der Waals surface area contributed by atoms with Crippen LogP contribution >= 0.6 is 0 Å². The summed E-state index contributed by atoms with van der Waals surface area (Å²) in [5.74, 6) is -1.21. The molecule has 2 aromatic carbocycles. The molecule has 0 atom stereocenters. The second kappa shape index (κ2) is 7.06. The molecular formula is C19H13F2NO5. The van der Waals surface area contributed by atoms with Crippen LogP contribution in [0.25, 0.3) is 11.3 Å². The lowest BCUT2D eigenvalue weighted by Crippen LogP contribution is -2.15. The van der Waals surface area contributed by atoms with Gasteiger partial charge in [-0.25, -0.2) is 13.6 Å². The van der Waals surface area contributed by atoms with E-state index in [1.165, 1.54) is 0 Å². The van der Waals surface area contributed by atoms with Crippen molar-refractivity contribution in [3.63, 3.8) is 0 Å². The largest absolute Gasteiger partial charge is 0.486 e. The first kappa shape index (κ1) is 17.0. The number of carbonyl (C=O) groups is 1. The van der Waals surface area contributed by atoms with E-state index in [1.54, 1.807) is 24.3 Å². The first-order valence-corrected chi connectivity index (χ1v) is 8.08. The smallest absolute Gasteiger partial charge is 0.338 e. The zero-order valence-electron chi connectivity index (χ0n) is 13.9. The molecule has 0 radical (unpaired) electrons. The van der Waals surface area contributed by atoms with Crippen LogP contribution in [0.3, 0.4) is 0 Å². The minimum absolute atomic E-state index is 0.0931. The fraction of sp³-hybridized carbons (Fsp3) is 0.158. The van der Waals surface area contributed by atoms with E-state index in [0.29, 0.717) is 36.2 Å². The standard InChI is InChI=1S/C19H13F2NO5/c20-14-3-1-12(7-15(14)21)19(23)26-10-13-9-17(27-22-13)11-2-4-16-18(8-11)25-6-5-24-16/h1-4,7-9H,5-6,10H2. The van der Waals surface area contributed by atoms with Crippen LogP contribution in [0.15, 0.2) is 47.0 Å². The van der Waals surface area contributed by atoms with Crippen molar-refractivity contribution >= 4 is 5.97 Å². The Kier molecular flexibility index (Phi) is 4.45. The van der Waals surface area contributed by atoms with Crippen LogP contribution in [0.1, 0.15) is 16.1 Å². The van der Waals surface area contributed by atoms with Crippen molar-refractivity contribution in [1.82, 2.24) is 5.16 Å². The highest BCUT2D eigenvalue weighted by molar-refractivity contribution is 5.89. The van der Waals surface area contributed by atoms with E-state index in [2.05, 4.69) is 5.16 Å². The predicted molar refractivity (Wildman–Crippen MR) is 88.4 cm³/mol. The summed E-state index contributed by atoms with van der Waals surface area (Å²) in [6.45, 7) is 0.798. The van der Waals surface area contributed by atoms with Gasteiger partial charge in [0.25, 0.3) is 0 Å². The lowest BCUT2D eigenvalue weighted by atomic mass is 10.1. The normalized spacial score (nSPS) is 12.7. The fourth-order valence-corrected chi connectivity index (χ4v) is 2.56. The summed E-state index contributed by atoms with van der Waals surface area (Å²) in [5, 5.41) is 3.84. The number of halogens is 2. The average Bonchev–Trinajstić information content (AvgIpc) is 3.17. The van der Waals surface area contributed by atoms with Gasteiger partial charge in [0.05, 0.1) is 5.56 Å². The molecule has 0 aliphatic carbocycles. The number of rotatable bonds is 4. The molecule has 1 aliphatic heterocycles. The van der Waals surface area contributed by atoms with E-state index in [-0.39, 0.29) is 12.2 Å². The van der Waals surface area contributed by atoms with E-state index in [1.807, 2.05) is 0 Å². The highest BCUT2D eigenvalue weighted by atomic mass is 19.2. The topological polar surface area (TPSA) is 70.8 Å². The van der Waals surface area contributed by atoms with Crippen molar-refractivity contribution in [3.8, 4) is 22.8 Å². The van der Waals surface area contributed by atoms with Gasteiger partial charge < -0.3 is 18.7 Å². The minimum atomic E-state index is -1.12. The number of fused-ring (bicyclic) bond motifs is 1. The third-order valence-corrected chi connectivity index (χ3v) is 3.89. The van der Waals surface area contributed by atoms with Crippen LogP contribution in [-0.4, -0.2) is 24.3 Å². The van der Waals surface area contributed by atoms with Crippen molar-refractivity contribution < 1.29 is 32.3 Å². The first-order valence-electron chi connectivity index (χ1n) is 8.08. The zero-order valence-corrected chi connectivity index (χ0v) is 13.9. The number of hydrogen-bond acceptors (Lipinski definition) is 6. The number of aromatic nitrogens is 1. The van der Waals surface area contributed by atoms with Crippen molar-refractivity contribution in [2.75, 3.05) is 13.2 Å². The molecule has 4 rings (SSSR count). The van der Waals surface area contributed by atoms with Gasteiger partial charge in [0.1, 0.15) is 25.5 Å². The molecule has 1 aliphatic rings. The maximum absolute atomic E-state index is 13.2. The van der Waals surface area contributed by atoms with Crippen LogP contribution < -0.4 is 9.47 Å². The molecule has 6 nitrogen and oxygen atoms in total. The summed E-state index contributed by atoms with van der Waals surface area (Å²) < 4.78 is 47.4. The maximum Gasteiger partial charge on any atom is 0.338 e. The summed E-state index contributed by atoms with van der Waals surface area (Å²) in [7, 11) is 0. The van der Waals surface area contributed by atoms with Gasteiger partial charge >= 0.3 is 5.97 Å². The molecule has 138 valence electrons. The second-order valence-electron chi connectivity index (χ2n) is 5.75. The Balaban J connectivity index is 1.43. The predicted octanol–water partition coefficient (Wildman–Crippen LogP) is 3.75. The Labute approximate surface area is 152 Å². The summed E-state index contributed by atoms with van der Waals surface area (Å²) in [4.78, 5) is 11.9. The highest BCUT2D eigenvalue weighted by Gasteiger charge is 2.16. The number of carbonyl (C=O) groups excluding carboxylic acids is 1. The summed E-state index contributed by atoms with van der Waals surface area (Å²) in [6, 6.07) is 9.74. The van der Waals surface area contributed by atoms with Crippen LogP contribution in [0.2, 0.25) is 0 Å². The Morgan fingerprint density at radius 3 is 2.63 bits per heavy atom. The van der Waals surface area contributed by atoms with Crippen LogP contribution in [0, 0.1) is 11.6 Å². The molecule has 8 heteroatoms. The van der Waals surface area contributed by atoms with Crippen molar-refractivity contribution in [2.24, 2.45) is 0 Å². The van der Waals surface area contributed by atoms with Crippen molar-refractivity contribution in [2.45, 2.75) is 6.61 Å². The Morgan fingerprint density at radius 2 is 1.81 bits per heavy atom. The molecule has 1 aromatic heterocycles. The quantitative estimate of drug-likeness (QED) is 0.649. The molecule has 2 heterocycles. The third kappa shape index (κ3) is 3.59. The van der Waals surface area contributed by atoms with Crippen LogP contribution in [0.5, 0.6) is 11.5 Å². The van der Waals surface area contributed by atoms with Gasteiger partial charge in [-0.1, -0.05) is 5.16 Å². The number of benzene rings is 2. The number of nitrogens with zero attached hydrogens (tertiary/aromatic N) is 1. The van der Waals surface area contributed by atoms with Gasteiger partial charge in [-0.2, -0.15) is 0 Å². The monoisotopic (exact) mass is 373 g/mol. The molecule has 0 N–H and O–H groups in total. The number of hydrogen-bond donors (Lipinski definition) is 0. The van der Waals surface area contributed by atoms with E-state index < -0.39 is 17.6 Å². The van der Waals surface area contributed by atoms with Gasteiger partial charge in [-0.15, -0.1) is 0 Å². The summed E-state index contributed by atoms with van der Waals surface area (Å²) in [5.41, 5.74) is 1.00. The van der Waals surface area contributed by atoms with E-state index in [0.717, 1.165) is 23.8 Å². The number of esters is 1. The Bertz CT molecular complexity index is 1000. The summed E-state index contributed by atoms with van der Waals surface area (Å²) in [6.07, 6.45) is 0. The van der Waals surface area contributed by atoms with Gasteiger partial charge in [0, 0.05) is 11.6 Å². The molecule has 0 saturated heterocycles. The molecule has 0 saturated carbocycles. The molecule has 0 amide bonds. The van der Waals surface area contributed by atoms with Crippen molar-refractivity contribution in [3.05, 3.63) is 65.4 Å². The van der Waals surface area contributed by atoms with E-state index in [9.17, 15) is 13.6 Å². The van der Waals surface area contributed by atoms with Crippen LogP contribution in [0.4, 0.5) is 8.78 Å². The van der Waals surface area contributed by atoms with Gasteiger partial charge in [0.15, 0.2) is 28.9 Å². The lowest BCUT2D eigenvalue weighted by molar-refractivity contribution is 0.0463. The molecule has 0 spiro atoms. The van der Waals surface area contributed by atoms with E-state index in [4.69, 9.17) is 18.7 Å². The third-order valence-electron chi connectivity index (χ3n) is 3.89. The van der Waals surface area contributed by atoms with E-state index >= 15 is 0 Å². The highest BCUT2D eigenvalue weighted by Crippen LogP contribution is 2.34. The Hall–Kier alpha value is -3.42. The Morgan fingerprint density at radius 1 is 1.00 bits per heavy atom. The molecule has 0 unspecified atom stereocenters. The number of ether oxygens (including phenoxy) is 3. The SMILES string of the molecule is O=C(OCc1cc(-c2ccc3c(c2)OCCO3)on1)c1ccc(F)c(F)c1. The lowest BCUT2D eigenvalue weighted by Gasteiger charge is -2.18. The van der Waals surface area contributed by atoms with Gasteiger partial charge in [-0.3, -0.25) is 0 Å². The molecule has 0 fully saturated rings. The molecular weight excluding hydrogens is 360 g/mol. The average molecular weight is 373 g/mol. The van der Waals surface area contributed by atoms with Gasteiger partial charge in [-0.05, 0) is 36.4 Å². The van der Waals surface area contributed by atoms with Crippen LogP contribution in [-0.2, 0) is 11.3 Å². The summed E-state index contributed by atoms with van der Waals surface area (Å²) >= 11 is 0. The molecule has 3 aromatic rings. The zero-order chi connectivity index (χ0) is 18.8. The van der Waals surface area contributed by atoms with Crippen molar-refractivity contribution in [1.29, 1.82) is 0 Å². The van der Waals surface area contributed by atoms with Gasteiger partial charge in [0.2, 0.25) is 0 Å². The first-order chi connectivity index (χ1) is 13.1. The minimum Gasteiger partial charge on any atom is -0.486 e.